The Kier molecular flexibility index (Phi) is 12.7. The van der Waals surface area contributed by atoms with E-state index in [-0.39, 0.29) is 19.2 Å². The lowest BCUT2D eigenvalue weighted by Crippen LogP contribution is -2.20. The predicted octanol–water partition coefficient (Wildman–Crippen LogP) is 1.04. The van der Waals surface area contributed by atoms with Gasteiger partial charge in [-0.3, -0.25) is 0 Å². The summed E-state index contributed by atoms with van der Waals surface area (Å²) in [5.74, 6) is -0.313. The van der Waals surface area contributed by atoms with Crippen LogP contribution < -0.4 is 0 Å². The van der Waals surface area contributed by atoms with Gasteiger partial charge in [0.2, 0.25) is 0 Å². The molecule has 9 nitrogen and oxygen atoms in total. The molecule has 0 aromatic carbocycles. The molecule has 0 aliphatic rings. The largest absolute Gasteiger partial charge is 0.505 e. The van der Waals surface area contributed by atoms with E-state index in [9.17, 15) is 14.4 Å². The summed E-state index contributed by atoms with van der Waals surface area (Å²) in [5, 5.41) is 15.7. The van der Waals surface area contributed by atoms with E-state index in [1.807, 2.05) is 19.0 Å². The Labute approximate surface area is 122 Å². The minimum absolute atomic E-state index is 0.276. The molecule has 0 heterocycles. The van der Waals surface area contributed by atoms with E-state index in [0.29, 0.717) is 12.2 Å². The van der Waals surface area contributed by atoms with Gasteiger partial charge < -0.3 is 29.3 Å². The third-order valence-electron chi connectivity index (χ3n) is 1.65. The first-order chi connectivity index (χ1) is 9.66. The lowest BCUT2D eigenvalue weighted by atomic mass is 10.4. The molecule has 0 aromatic heterocycles. The molecule has 0 saturated carbocycles. The van der Waals surface area contributed by atoms with Gasteiger partial charge in [0.25, 0.3) is 0 Å². The summed E-state index contributed by atoms with van der Waals surface area (Å²) in [5.41, 5.74) is 0.448. The second-order valence-corrected chi connectivity index (χ2v) is 3.95. The number of hydrogen-bond acceptors (Lipinski definition) is 7. The van der Waals surface area contributed by atoms with Gasteiger partial charge in [0.05, 0.1) is 0 Å². The average Bonchev–Trinajstić information content (AvgIpc) is 2.34. The molecule has 0 amide bonds. The smallest absolute Gasteiger partial charge is 0.461 e. The number of ether oxygens (including phenoxy) is 3. The number of carbonyl (C=O) groups is 3. The fourth-order valence-corrected chi connectivity index (χ4v) is 0.702. The Morgan fingerprint density at radius 3 is 1.67 bits per heavy atom. The molecule has 0 atom stereocenters. The maximum absolute atomic E-state index is 10.8. The summed E-state index contributed by atoms with van der Waals surface area (Å²) < 4.78 is 12.7. The number of esters is 1. The van der Waals surface area contributed by atoms with Crippen molar-refractivity contribution in [3.05, 3.63) is 12.2 Å². The zero-order valence-electron chi connectivity index (χ0n) is 12.3. The van der Waals surface area contributed by atoms with Crippen LogP contribution in [0.3, 0.4) is 0 Å². The molecule has 0 unspecified atom stereocenters. The maximum atomic E-state index is 10.8. The number of carboxylic acid groups (broad SMARTS) is 2. The van der Waals surface area contributed by atoms with E-state index in [0.717, 1.165) is 6.54 Å². The second kappa shape index (κ2) is 12.7. The van der Waals surface area contributed by atoms with E-state index < -0.39 is 12.3 Å². The van der Waals surface area contributed by atoms with Gasteiger partial charge in [-0.25, -0.2) is 14.4 Å². The number of carbonyl (C=O) groups excluding carboxylic acids is 1. The lowest BCUT2D eigenvalue weighted by Gasteiger charge is -2.09. The van der Waals surface area contributed by atoms with Crippen LogP contribution in [0.2, 0.25) is 0 Å². The number of rotatable bonds is 7. The summed E-state index contributed by atoms with van der Waals surface area (Å²) in [6.45, 7) is 5.73. The first kappa shape index (κ1) is 21.0. The van der Waals surface area contributed by atoms with E-state index in [2.05, 4.69) is 16.1 Å². The molecule has 0 aromatic rings. The molecule has 9 heteroatoms. The molecule has 0 spiro atoms. The molecule has 0 saturated heterocycles. The van der Waals surface area contributed by atoms with Crippen LogP contribution in [-0.2, 0) is 19.0 Å². The Morgan fingerprint density at radius 2 is 1.38 bits per heavy atom. The molecule has 0 fully saturated rings. The van der Waals surface area contributed by atoms with Crippen LogP contribution in [0.4, 0.5) is 9.59 Å². The lowest BCUT2D eigenvalue weighted by molar-refractivity contribution is -0.139. The van der Waals surface area contributed by atoms with Gasteiger partial charge in [0.15, 0.2) is 0 Å². The summed E-state index contributed by atoms with van der Waals surface area (Å²) in [7, 11) is 3.85. The van der Waals surface area contributed by atoms with Crippen molar-refractivity contribution in [1.82, 2.24) is 4.90 Å². The Morgan fingerprint density at radius 1 is 0.952 bits per heavy atom. The van der Waals surface area contributed by atoms with Crippen LogP contribution in [0.25, 0.3) is 0 Å². The quantitative estimate of drug-likeness (QED) is 0.307. The summed E-state index contributed by atoms with van der Waals surface area (Å²) >= 11 is 0. The van der Waals surface area contributed by atoms with Crippen LogP contribution in [0.5, 0.6) is 0 Å². The zero-order chi connectivity index (χ0) is 16.8. The molecule has 0 bridgehead atoms. The molecule has 21 heavy (non-hydrogen) atoms. The summed E-state index contributed by atoms with van der Waals surface area (Å²) in [4.78, 5) is 32.0. The van der Waals surface area contributed by atoms with Crippen molar-refractivity contribution in [3.63, 3.8) is 0 Å². The van der Waals surface area contributed by atoms with Gasteiger partial charge in [-0.1, -0.05) is 6.58 Å². The van der Waals surface area contributed by atoms with Crippen molar-refractivity contribution in [1.29, 1.82) is 0 Å². The van der Waals surface area contributed by atoms with Crippen LogP contribution in [0.1, 0.15) is 6.92 Å². The summed E-state index contributed by atoms with van der Waals surface area (Å²) in [6, 6.07) is 0. The number of likely N-dealkylation sites (N-methyl/N-ethyl adjacent to an activating group) is 1. The third-order valence-corrected chi connectivity index (χ3v) is 1.65. The fraction of sp³-hybridized carbons (Fsp3) is 0.583. The highest BCUT2D eigenvalue weighted by atomic mass is 16.7. The van der Waals surface area contributed by atoms with Gasteiger partial charge >= 0.3 is 18.3 Å². The molecule has 0 aliphatic carbocycles. The van der Waals surface area contributed by atoms with Crippen LogP contribution in [0.15, 0.2) is 12.2 Å². The maximum Gasteiger partial charge on any atom is 0.505 e. The molecule has 0 rings (SSSR count). The standard InChI is InChI=1S/C8H15NO2.C4H6O6/c1-7(2)8(10)11-6-5-9(3)4;5-3(6)9-1-2-10-4(7)8/h1,5-6H2,2-4H3;1-2H2,(H,5,6)(H,7,8). The molecular formula is C12H21NO8. The minimum Gasteiger partial charge on any atom is -0.461 e. The Hall–Kier alpha value is -2.29. The Balaban J connectivity index is 0. The third kappa shape index (κ3) is 20.2. The molecule has 0 aliphatic heterocycles. The monoisotopic (exact) mass is 307 g/mol. The highest BCUT2D eigenvalue weighted by molar-refractivity contribution is 5.86. The van der Waals surface area contributed by atoms with E-state index >= 15 is 0 Å². The highest BCUT2D eigenvalue weighted by Crippen LogP contribution is 1.91. The van der Waals surface area contributed by atoms with Gasteiger partial charge in [0, 0.05) is 12.1 Å². The van der Waals surface area contributed by atoms with E-state index in [4.69, 9.17) is 14.9 Å². The van der Waals surface area contributed by atoms with Gasteiger partial charge in [-0.15, -0.1) is 0 Å². The van der Waals surface area contributed by atoms with Crippen molar-refractivity contribution in [3.8, 4) is 0 Å². The molecule has 0 radical (unpaired) electrons. The van der Waals surface area contributed by atoms with Crippen LogP contribution in [0, 0.1) is 0 Å². The first-order valence-corrected chi connectivity index (χ1v) is 5.85. The van der Waals surface area contributed by atoms with Crippen molar-refractivity contribution in [2.75, 3.05) is 40.5 Å². The first-order valence-electron chi connectivity index (χ1n) is 5.85. The highest BCUT2D eigenvalue weighted by Gasteiger charge is 2.01. The molecule has 122 valence electrons. The van der Waals surface area contributed by atoms with Crippen LogP contribution >= 0.6 is 0 Å². The van der Waals surface area contributed by atoms with Crippen LogP contribution in [-0.4, -0.2) is 73.9 Å². The van der Waals surface area contributed by atoms with E-state index in [1.165, 1.54) is 0 Å². The second-order valence-electron chi connectivity index (χ2n) is 3.95. The fourth-order valence-electron chi connectivity index (χ4n) is 0.702. The number of hydrogen-bond donors (Lipinski definition) is 2. The molecule has 2 N–H and O–H groups in total. The molecular weight excluding hydrogens is 286 g/mol. The minimum atomic E-state index is -1.45. The summed E-state index contributed by atoms with van der Waals surface area (Å²) in [6.07, 6.45) is -2.90. The number of nitrogens with zero attached hydrogens (tertiary/aromatic N) is 1. The van der Waals surface area contributed by atoms with Crippen molar-refractivity contribution < 1.29 is 38.8 Å². The van der Waals surface area contributed by atoms with Gasteiger partial charge in [0.1, 0.15) is 19.8 Å². The van der Waals surface area contributed by atoms with Crippen molar-refractivity contribution in [2.45, 2.75) is 6.92 Å². The topological polar surface area (TPSA) is 123 Å². The Bertz CT molecular complexity index is 337. The zero-order valence-corrected chi connectivity index (χ0v) is 12.3. The van der Waals surface area contributed by atoms with Crippen molar-refractivity contribution >= 4 is 18.3 Å². The average molecular weight is 307 g/mol. The normalized spacial score (nSPS) is 9.14. The van der Waals surface area contributed by atoms with E-state index in [1.54, 1.807) is 6.92 Å². The van der Waals surface area contributed by atoms with Crippen molar-refractivity contribution in [2.24, 2.45) is 0 Å². The SMILES string of the molecule is C=C(C)C(=O)OCCN(C)C.O=C(O)OCCOC(=O)O. The predicted molar refractivity (Wildman–Crippen MR) is 72.3 cm³/mol. The van der Waals surface area contributed by atoms with Gasteiger partial charge in [-0.05, 0) is 21.0 Å². The van der Waals surface area contributed by atoms with Gasteiger partial charge in [-0.2, -0.15) is 0 Å².